The van der Waals surface area contributed by atoms with Crippen molar-refractivity contribution in [2.75, 3.05) is 19.6 Å². The quantitative estimate of drug-likeness (QED) is 0.791. The normalized spacial score (nSPS) is 14.7. The fourth-order valence-corrected chi connectivity index (χ4v) is 3.92. The fraction of sp³-hybridized carbons (Fsp3) is 0.478. The second kappa shape index (κ2) is 9.69. The number of carbonyl (C=O) groups is 1. The summed E-state index contributed by atoms with van der Waals surface area (Å²) in [6, 6.07) is 8.17. The minimum Gasteiger partial charge on any atom is -0.488 e. The van der Waals surface area contributed by atoms with Crippen LogP contribution in [0.5, 0.6) is 5.75 Å². The van der Waals surface area contributed by atoms with Crippen molar-refractivity contribution in [2.45, 2.75) is 52.7 Å². The molecule has 0 saturated carbocycles. The van der Waals surface area contributed by atoms with E-state index in [0.29, 0.717) is 12.6 Å². The van der Waals surface area contributed by atoms with Gasteiger partial charge in [0, 0.05) is 36.1 Å². The van der Waals surface area contributed by atoms with Crippen molar-refractivity contribution >= 4 is 5.91 Å². The Morgan fingerprint density at radius 2 is 1.96 bits per heavy atom. The number of piperidine rings is 1. The van der Waals surface area contributed by atoms with Gasteiger partial charge in [0.2, 0.25) is 0 Å². The summed E-state index contributed by atoms with van der Waals surface area (Å²) in [6.45, 7) is 9.40. The summed E-state index contributed by atoms with van der Waals surface area (Å²) in [6.07, 6.45) is 6.58. The number of amides is 1. The van der Waals surface area contributed by atoms with Gasteiger partial charge >= 0.3 is 0 Å². The highest BCUT2D eigenvalue weighted by molar-refractivity contribution is 5.95. The molecule has 0 unspecified atom stereocenters. The van der Waals surface area contributed by atoms with Crippen LogP contribution < -0.4 is 10.1 Å². The number of pyridine rings is 1. The zero-order chi connectivity index (χ0) is 19.9. The number of rotatable bonds is 7. The van der Waals surface area contributed by atoms with Gasteiger partial charge in [0.05, 0.1) is 0 Å². The Hall–Kier alpha value is -2.40. The molecule has 5 heteroatoms. The topological polar surface area (TPSA) is 54.5 Å². The molecule has 5 nitrogen and oxygen atoms in total. The van der Waals surface area contributed by atoms with Crippen LogP contribution in [0.3, 0.4) is 0 Å². The molecule has 1 amide bonds. The van der Waals surface area contributed by atoms with Gasteiger partial charge in [-0.2, -0.15) is 0 Å². The van der Waals surface area contributed by atoms with Crippen molar-refractivity contribution in [1.82, 2.24) is 15.2 Å². The van der Waals surface area contributed by atoms with Crippen LogP contribution >= 0.6 is 0 Å². The maximum absolute atomic E-state index is 13.3. The predicted molar refractivity (Wildman–Crippen MR) is 112 cm³/mol. The number of aromatic nitrogens is 1. The number of hydrogen-bond acceptors (Lipinski definition) is 4. The Labute approximate surface area is 168 Å². The first-order valence-electron chi connectivity index (χ1n) is 10.2. The first kappa shape index (κ1) is 20.3. The number of benzene rings is 1. The number of ether oxygens (including phenoxy) is 1. The number of nitrogens with one attached hydrogen (secondary N) is 1. The van der Waals surface area contributed by atoms with E-state index in [9.17, 15) is 4.79 Å². The zero-order valence-electron chi connectivity index (χ0n) is 17.2. The highest BCUT2D eigenvalue weighted by Gasteiger charge is 2.26. The van der Waals surface area contributed by atoms with Crippen molar-refractivity contribution in [3.8, 4) is 5.75 Å². The van der Waals surface area contributed by atoms with Crippen LogP contribution in [0, 0.1) is 13.8 Å². The van der Waals surface area contributed by atoms with Crippen LogP contribution in [0.25, 0.3) is 0 Å². The van der Waals surface area contributed by atoms with Crippen molar-refractivity contribution in [1.29, 1.82) is 0 Å². The number of carbonyl (C=O) groups excluding carboxylic acids is 1. The third-order valence-corrected chi connectivity index (χ3v) is 5.29. The lowest BCUT2D eigenvalue weighted by atomic mass is 10.0. The molecule has 0 aliphatic carbocycles. The van der Waals surface area contributed by atoms with Crippen LogP contribution in [0.15, 0.2) is 36.7 Å². The van der Waals surface area contributed by atoms with Gasteiger partial charge in [-0.3, -0.25) is 9.78 Å². The average Bonchev–Trinajstić information content (AvgIpc) is 2.72. The summed E-state index contributed by atoms with van der Waals surface area (Å²) in [5, 5.41) is 3.38. The van der Waals surface area contributed by atoms with E-state index in [1.54, 1.807) is 6.20 Å². The maximum Gasteiger partial charge on any atom is 0.254 e. The van der Waals surface area contributed by atoms with E-state index in [-0.39, 0.29) is 5.91 Å². The molecule has 0 spiro atoms. The maximum atomic E-state index is 13.3. The van der Waals surface area contributed by atoms with Crippen molar-refractivity contribution in [3.63, 3.8) is 0 Å². The van der Waals surface area contributed by atoms with Gasteiger partial charge in [0.1, 0.15) is 12.4 Å². The molecule has 1 N–H and O–H groups in total. The van der Waals surface area contributed by atoms with Crippen LogP contribution in [-0.2, 0) is 6.61 Å². The summed E-state index contributed by atoms with van der Waals surface area (Å²) >= 11 is 0. The summed E-state index contributed by atoms with van der Waals surface area (Å²) in [4.78, 5) is 19.5. The molecule has 28 heavy (non-hydrogen) atoms. The molecule has 0 bridgehead atoms. The Bertz CT molecular complexity index is 763. The lowest BCUT2D eigenvalue weighted by Gasteiger charge is -2.35. The van der Waals surface area contributed by atoms with Gasteiger partial charge in [0.15, 0.2) is 0 Å². The molecule has 2 heterocycles. The Kier molecular flexibility index (Phi) is 7.04. The molecule has 1 aliphatic rings. The van der Waals surface area contributed by atoms with Gasteiger partial charge in [-0.25, -0.2) is 0 Å². The molecule has 2 aromatic rings. The third kappa shape index (κ3) is 4.90. The first-order valence-corrected chi connectivity index (χ1v) is 10.2. The molecule has 3 rings (SSSR count). The molecule has 1 aromatic heterocycles. The number of hydrogen-bond donors (Lipinski definition) is 1. The number of nitrogens with zero attached hydrogens (tertiary/aromatic N) is 2. The molecule has 1 fully saturated rings. The van der Waals surface area contributed by atoms with Crippen molar-refractivity contribution in [2.24, 2.45) is 0 Å². The predicted octanol–water partition coefficient (Wildman–Crippen LogP) is 3.88. The average molecular weight is 382 g/mol. The van der Waals surface area contributed by atoms with E-state index in [1.165, 1.54) is 0 Å². The van der Waals surface area contributed by atoms with Crippen LogP contribution in [0.1, 0.15) is 53.2 Å². The molecular formula is C23H31N3O2. The SMILES string of the molecule is CCCN(C(=O)c1cc(C)c(OCc2cccnc2)c(C)c1)C1CCNCC1. The largest absolute Gasteiger partial charge is 0.488 e. The van der Waals surface area contributed by atoms with E-state index in [4.69, 9.17) is 4.74 Å². The Morgan fingerprint density at radius 1 is 1.25 bits per heavy atom. The van der Waals surface area contributed by atoms with Crippen molar-refractivity contribution < 1.29 is 9.53 Å². The summed E-state index contributed by atoms with van der Waals surface area (Å²) in [5.74, 6) is 0.989. The summed E-state index contributed by atoms with van der Waals surface area (Å²) < 4.78 is 6.04. The van der Waals surface area contributed by atoms with Gasteiger partial charge in [-0.1, -0.05) is 13.0 Å². The molecule has 1 aliphatic heterocycles. The Balaban J connectivity index is 1.76. The molecule has 0 atom stereocenters. The lowest BCUT2D eigenvalue weighted by molar-refractivity contribution is 0.0642. The second-order valence-corrected chi connectivity index (χ2v) is 7.57. The van der Waals surface area contributed by atoms with E-state index in [0.717, 1.165) is 66.9 Å². The molecule has 1 saturated heterocycles. The highest BCUT2D eigenvalue weighted by Crippen LogP contribution is 2.27. The summed E-state index contributed by atoms with van der Waals surface area (Å²) in [7, 11) is 0. The van der Waals surface area contributed by atoms with E-state index >= 15 is 0 Å². The third-order valence-electron chi connectivity index (χ3n) is 5.29. The van der Waals surface area contributed by atoms with Crippen LogP contribution in [-0.4, -0.2) is 41.5 Å². The Morgan fingerprint density at radius 3 is 2.57 bits per heavy atom. The smallest absolute Gasteiger partial charge is 0.254 e. The van der Waals surface area contributed by atoms with Gasteiger partial charge < -0.3 is 15.0 Å². The lowest BCUT2D eigenvalue weighted by Crippen LogP contribution is -2.46. The fourth-order valence-electron chi connectivity index (χ4n) is 3.92. The van der Waals surface area contributed by atoms with Crippen LogP contribution in [0.4, 0.5) is 0 Å². The molecule has 1 aromatic carbocycles. The standard InChI is InChI=1S/C23H31N3O2/c1-4-12-26(21-7-10-24-11-8-21)23(27)20-13-17(2)22(18(3)14-20)28-16-19-6-5-9-25-15-19/h5-6,9,13-15,21,24H,4,7-8,10-12,16H2,1-3H3. The monoisotopic (exact) mass is 381 g/mol. The molecular weight excluding hydrogens is 350 g/mol. The summed E-state index contributed by atoms with van der Waals surface area (Å²) in [5.41, 5.74) is 3.78. The highest BCUT2D eigenvalue weighted by atomic mass is 16.5. The van der Waals surface area contributed by atoms with Gasteiger partial charge in [0.25, 0.3) is 5.91 Å². The van der Waals surface area contributed by atoms with E-state index < -0.39 is 0 Å². The minimum absolute atomic E-state index is 0.138. The van der Waals surface area contributed by atoms with Crippen molar-refractivity contribution in [3.05, 3.63) is 58.9 Å². The molecule has 0 radical (unpaired) electrons. The zero-order valence-corrected chi connectivity index (χ0v) is 17.2. The number of aryl methyl sites for hydroxylation is 2. The minimum atomic E-state index is 0.138. The van der Waals surface area contributed by atoms with Gasteiger partial charge in [-0.15, -0.1) is 0 Å². The second-order valence-electron chi connectivity index (χ2n) is 7.57. The van der Waals surface area contributed by atoms with Crippen LogP contribution in [0.2, 0.25) is 0 Å². The van der Waals surface area contributed by atoms with E-state index in [1.807, 2.05) is 44.3 Å². The van der Waals surface area contributed by atoms with E-state index in [2.05, 4.69) is 22.1 Å². The first-order chi connectivity index (χ1) is 13.6. The van der Waals surface area contributed by atoms with Gasteiger partial charge in [-0.05, 0) is 75.5 Å². The molecule has 150 valence electrons.